The molecule has 0 aromatic carbocycles. The molecule has 96 valence electrons. The molecule has 0 bridgehead atoms. The largest absolute Gasteiger partial charge is 0.338 e. The Bertz CT molecular complexity index is 285. The van der Waals surface area contributed by atoms with Gasteiger partial charge in [-0.05, 0) is 56.9 Å². The molecule has 2 aliphatic carbocycles. The van der Waals surface area contributed by atoms with Crippen molar-refractivity contribution in [1.29, 1.82) is 0 Å². The van der Waals surface area contributed by atoms with Gasteiger partial charge >= 0.3 is 0 Å². The first kappa shape index (κ1) is 11.5. The molecular weight excluding hydrogens is 212 g/mol. The Morgan fingerprint density at radius 1 is 1.24 bits per heavy atom. The van der Waals surface area contributed by atoms with Crippen molar-refractivity contribution in [2.75, 3.05) is 13.1 Å². The number of carbonyl (C=O) groups excluding carboxylic acids is 1. The fourth-order valence-corrected chi connectivity index (χ4v) is 3.28. The van der Waals surface area contributed by atoms with Crippen LogP contribution in [0, 0.1) is 11.8 Å². The predicted octanol–water partition coefficient (Wildman–Crippen LogP) is 1.78. The molecule has 0 spiro atoms. The maximum atomic E-state index is 12.4. The molecule has 1 N–H and O–H groups in total. The number of carbonyl (C=O) groups is 1. The normalized spacial score (nSPS) is 29.4. The lowest BCUT2D eigenvalue weighted by Crippen LogP contribution is -2.44. The lowest BCUT2D eigenvalue weighted by Gasteiger charge is -2.28. The topological polar surface area (TPSA) is 32.3 Å². The molecule has 1 amide bonds. The number of nitrogens with zero attached hydrogens (tertiary/aromatic N) is 1. The van der Waals surface area contributed by atoms with Crippen LogP contribution in [0.15, 0.2) is 0 Å². The molecule has 3 rings (SSSR count). The Morgan fingerprint density at radius 2 is 1.88 bits per heavy atom. The molecule has 3 heteroatoms. The zero-order valence-electron chi connectivity index (χ0n) is 10.8. The van der Waals surface area contributed by atoms with Gasteiger partial charge in [-0.15, -0.1) is 0 Å². The van der Waals surface area contributed by atoms with E-state index in [4.69, 9.17) is 0 Å². The van der Waals surface area contributed by atoms with E-state index in [2.05, 4.69) is 17.1 Å². The highest BCUT2D eigenvalue weighted by molar-refractivity contribution is 5.84. The Labute approximate surface area is 104 Å². The minimum Gasteiger partial charge on any atom is -0.338 e. The van der Waals surface area contributed by atoms with Crippen molar-refractivity contribution in [3.63, 3.8) is 0 Å². The Hall–Kier alpha value is -0.570. The maximum absolute atomic E-state index is 12.4. The molecule has 3 fully saturated rings. The van der Waals surface area contributed by atoms with Gasteiger partial charge in [-0.25, -0.2) is 0 Å². The highest BCUT2D eigenvalue weighted by Crippen LogP contribution is 2.48. The number of nitrogens with one attached hydrogen (secondary N) is 1. The highest BCUT2D eigenvalue weighted by Gasteiger charge is 2.48. The molecule has 0 aromatic heterocycles. The third-order valence-corrected chi connectivity index (χ3v) is 4.45. The van der Waals surface area contributed by atoms with Gasteiger partial charge in [-0.1, -0.05) is 6.92 Å². The smallest absolute Gasteiger partial charge is 0.240 e. The first-order valence-electron chi connectivity index (χ1n) is 7.35. The SMILES string of the molecule is CCCNC1CCN(C(C2CC2)C2CC2)C1=O. The zero-order valence-corrected chi connectivity index (χ0v) is 10.8. The number of amides is 1. The Morgan fingerprint density at radius 3 is 2.41 bits per heavy atom. The van der Waals surface area contributed by atoms with Crippen LogP contribution in [0.4, 0.5) is 0 Å². The van der Waals surface area contributed by atoms with Gasteiger partial charge in [0.15, 0.2) is 0 Å². The second kappa shape index (κ2) is 4.60. The van der Waals surface area contributed by atoms with Crippen LogP contribution in [0.1, 0.15) is 45.4 Å². The fourth-order valence-electron chi connectivity index (χ4n) is 3.28. The Kier molecular flexibility index (Phi) is 3.12. The quantitative estimate of drug-likeness (QED) is 0.762. The summed E-state index contributed by atoms with van der Waals surface area (Å²) in [6.07, 6.45) is 7.57. The number of hydrogen-bond acceptors (Lipinski definition) is 2. The number of likely N-dealkylation sites (tertiary alicyclic amines) is 1. The third kappa shape index (κ3) is 2.35. The van der Waals surface area contributed by atoms with Crippen molar-refractivity contribution in [3.05, 3.63) is 0 Å². The minimum atomic E-state index is 0.120. The first-order valence-corrected chi connectivity index (χ1v) is 7.35. The number of hydrogen-bond donors (Lipinski definition) is 1. The van der Waals surface area contributed by atoms with Gasteiger partial charge in [-0.3, -0.25) is 4.79 Å². The summed E-state index contributed by atoms with van der Waals surface area (Å²) in [5.74, 6) is 2.08. The molecule has 1 unspecified atom stereocenters. The van der Waals surface area contributed by atoms with Crippen LogP contribution in [0.25, 0.3) is 0 Å². The standard InChI is InChI=1S/C14H24N2O/c1-2-8-15-12-7-9-16(14(12)17)13(10-3-4-10)11-5-6-11/h10-13,15H,2-9H2,1H3. The van der Waals surface area contributed by atoms with Gasteiger partial charge in [0.1, 0.15) is 0 Å². The Balaban J connectivity index is 1.61. The van der Waals surface area contributed by atoms with E-state index in [0.29, 0.717) is 11.9 Å². The van der Waals surface area contributed by atoms with Crippen molar-refractivity contribution >= 4 is 5.91 Å². The van der Waals surface area contributed by atoms with Crippen molar-refractivity contribution in [1.82, 2.24) is 10.2 Å². The molecule has 1 saturated heterocycles. The van der Waals surface area contributed by atoms with Crippen LogP contribution in [0.5, 0.6) is 0 Å². The van der Waals surface area contributed by atoms with E-state index in [9.17, 15) is 4.79 Å². The molecule has 3 nitrogen and oxygen atoms in total. The summed E-state index contributed by atoms with van der Waals surface area (Å²) >= 11 is 0. The van der Waals surface area contributed by atoms with Gasteiger partial charge in [0.05, 0.1) is 6.04 Å². The molecule has 1 atom stereocenters. The van der Waals surface area contributed by atoms with Gasteiger partial charge in [0, 0.05) is 12.6 Å². The minimum absolute atomic E-state index is 0.120. The second-order valence-corrected chi connectivity index (χ2v) is 5.99. The molecule has 2 saturated carbocycles. The van der Waals surface area contributed by atoms with Crippen LogP contribution < -0.4 is 5.32 Å². The molecular formula is C14H24N2O. The summed E-state index contributed by atoms with van der Waals surface area (Å²) < 4.78 is 0. The molecule has 1 aliphatic heterocycles. The zero-order chi connectivity index (χ0) is 11.8. The van der Waals surface area contributed by atoms with Crippen LogP contribution in [0.3, 0.4) is 0 Å². The molecule has 1 heterocycles. The fraction of sp³-hybridized carbons (Fsp3) is 0.929. The van der Waals surface area contributed by atoms with E-state index >= 15 is 0 Å². The van der Waals surface area contributed by atoms with E-state index < -0.39 is 0 Å². The summed E-state index contributed by atoms with van der Waals surface area (Å²) in [6, 6.07) is 0.728. The number of rotatable bonds is 6. The van der Waals surface area contributed by atoms with Gasteiger partial charge < -0.3 is 10.2 Å². The summed E-state index contributed by atoms with van der Waals surface area (Å²) in [5, 5.41) is 3.39. The summed E-state index contributed by atoms with van der Waals surface area (Å²) in [6.45, 7) is 4.13. The molecule has 3 aliphatic rings. The van der Waals surface area contributed by atoms with Crippen molar-refractivity contribution in [2.45, 2.75) is 57.5 Å². The second-order valence-electron chi connectivity index (χ2n) is 5.99. The molecule has 0 aromatic rings. The van der Waals surface area contributed by atoms with Crippen LogP contribution in [0.2, 0.25) is 0 Å². The van der Waals surface area contributed by atoms with Gasteiger partial charge in [0.25, 0.3) is 0 Å². The van der Waals surface area contributed by atoms with E-state index in [-0.39, 0.29) is 6.04 Å². The van der Waals surface area contributed by atoms with E-state index in [1.165, 1.54) is 25.7 Å². The monoisotopic (exact) mass is 236 g/mol. The summed E-state index contributed by atoms with van der Waals surface area (Å²) in [7, 11) is 0. The first-order chi connectivity index (χ1) is 8.31. The highest BCUT2D eigenvalue weighted by atomic mass is 16.2. The van der Waals surface area contributed by atoms with Gasteiger partial charge in [0.2, 0.25) is 5.91 Å². The average molecular weight is 236 g/mol. The average Bonchev–Trinajstić information content (AvgIpc) is 3.21. The van der Waals surface area contributed by atoms with Crippen molar-refractivity contribution < 1.29 is 4.79 Å². The lowest BCUT2D eigenvalue weighted by atomic mass is 10.1. The van der Waals surface area contributed by atoms with Crippen LogP contribution in [-0.2, 0) is 4.79 Å². The van der Waals surface area contributed by atoms with Gasteiger partial charge in [-0.2, -0.15) is 0 Å². The maximum Gasteiger partial charge on any atom is 0.240 e. The molecule has 0 radical (unpaired) electrons. The summed E-state index contributed by atoms with van der Waals surface area (Å²) in [4.78, 5) is 14.6. The molecule has 17 heavy (non-hydrogen) atoms. The van der Waals surface area contributed by atoms with Crippen molar-refractivity contribution in [2.24, 2.45) is 11.8 Å². The van der Waals surface area contributed by atoms with Crippen LogP contribution in [-0.4, -0.2) is 36.0 Å². The predicted molar refractivity (Wildman–Crippen MR) is 67.6 cm³/mol. The third-order valence-electron chi connectivity index (χ3n) is 4.45. The lowest BCUT2D eigenvalue weighted by molar-refractivity contribution is -0.132. The van der Waals surface area contributed by atoms with Crippen molar-refractivity contribution in [3.8, 4) is 0 Å². The van der Waals surface area contributed by atoms with E-state index in [1.54, 1.807) is 0 Å². The summed E-state index contributed by atoms with van der Waals surface area (Å²) in [5.41, 5.74) is 0. The van der Waals surface area contributed by atoms with Crippen LogP contribution >= 0.6 is 0 Å². The van der Waals surface area contributed by atoms with E-state index in [0.717, 1.165) is 37.8 Å². The van der Waals surface area contributed by atoms with E-state index in [1.807, 2.05) is 0 Å².